The fourth-order valence-electron chi connectivity index (χ4n) is 2.88. The molecule has 8 nitrogen and oxygen atoms in total. The minimum atomic E-state index is -1.01. The van der Waals surface area contributed by atoms with E-state index in [9.17, 15) is 15.3 Å². The van der Waals surface area contributed by atoms with Gasteiger partial charge in [0.15, 0.2) is 11.5 Å². The monoisotopic (exact) mass is 279 g/mol. The smallest absolute Gasteiger partial charge is 0.165 e. The van der Waals surface area contributed by atoms with Crippen molar-refractivity contribution >= 4 is 17.0 Å². The summed E-state index contributed by atoms with van der Waals surface area (Å²) in [5, 5.41) is 29.8. The molecule has 0 amide bonds. The van der Waals surface area contributed by atoms with Crippen LogP contribution >= 0.6 is 0 Å². The summed E-state index contributed by atoms with van der Waals surface area (Å²) in [5.74, 6) is 0.270. The molecule has 0 spiro atoms. The van der Waals surface area contributed by atoms with Gasteiger partial charge in [-0.05, 0) is 6.42 Å². The second kappa shape index (κ2) is 4.37. The summed E-state index contributed by atoms with van der Waals surface area (Å²) >= 11 is 0. The highest BCUT2D eigenvalue weighted by Crippen LogP contribution is 2.44. The normalized spacial score (nSPS) is 33.9. The molecule has 1 fully saturated rings. The third-order valence-corrected chi connectivity index (χ3v) is 4.21. The van der Waals surface area contributed by atoms with E-state index in [1.807, 2.05) is 0 Å². The molecule has 2 aromatic heterocycles. The first-order valence-electron chi connectivity index (χ1n) is 6.38. The van der Waals surface area contributed by atoms with Crippen molar-refractivity contribution in [2.45, 2.75) is 31.6 Å². The molecule has 2 heterocycles. The molecule has 5 N–H and O–H groups in total. The van der Waals surface area contributed by atoms with Crippen LogP contribution in [0.3, 0.4) is 0 Å². The lowest BCUT2D eigenvalue weighted by Gasteiger charge is -2.25. The maximum Gasteiger partial charge on any atom is 0.165 e. The number of anilines is 1. The van der Waals surface area contributed by atoms with E-state index >= 15 is 0 Å². The molecule has 0 bridgehead atoms. The molecule has 0 radical (unpaired) electrons. The molecule has 2 aromatic rings. The van der Waals surface area contributed by atoms with Gasteiger partial charge in [0.1, 0.15) is 17.9 Å². The van der Waals surface area contributed by atoms with Crippen LogP contribution in [0.25, 0.3) is 11.2 Å². The first-order chi connectivity index (χ1) is 9.48. The van der Waals surface area contributed by atoms with E-state index < -0.39 is 23.7 Å². The summed E-state index contributed by atoms with van der Waals surface area (Å²) in [7, 11) is 0. The van der Waals surface area contributed by atoms with Crippen LogP contribution in [-0.4, -0.2) is 53.7 Å². The minimum absolute atomic E-state index is 0.203. The molecular weight excluding hydrogens is 262 g/mol. The summed E-state index contributed by atoms with van der Waals surface area (Å²) in [6.07, 6.45) is 1.27. The Hall–Kier alpha value is -1.77. The number of rotatable bonds is 2. The van der Waals surface area contributed by atoms with Crippen LogP contribution < -0.4 is 5.73 Å². The molecule has 0 saturated heterocycles. The Bertz CT molecular complexity index is 645. The zero-order valence-corrected chi connectivity index (χ0v) is 11.0. The maximum absolute atomic E-state index is 10.2. The highest BCUT2D eigenvalue weighted by Gasteiger charge is 2.50. The van der Waals surface area contributed by atoms with Gasteiger partial charge in [-0.15, -0.1) is 0 Å². The third kappa shape index (κ3) is 1.69. The predicted molar refractivity (Wildman–Crippen MR) is 70.6 cm³/mol. The largest absolute Gasteiger partial charge is 0.396 e. The standard InChI is InChI=1S/C12H17N5O3/c1-12(3-18)2-6(8(19)9(12)20)17-5-16-7-10(13)14-4-15-11(7)17/h4-6,8-9,18-20H,2-3H2,1H3,(H2,13,14,15)/t6-,8+,9+,12-/m1/s1. The Morgan fingerprint density at radius 1 is 1.40 bits per heavy atom. The second-order valence-electron chi connectivity index (χ2n) is 5.60. The number of aliphatic hydroxyl groups excluding tert-OH is 3. The zero-order chi connectivity index (χ0) is 14.5. The summed E-state index contributed by atoms with van der Waals surface area (Å²) in [4.78, 5) is 12.2. The maximum atomic E-state index is 10.2. The number of aromatic nitrogens is 4. The highest BCUT2D eigenvalue weighted by molar-refractivity contribution is 5.81. The fourth-order valence-corrected chi connectivity index (χ4v) is 2.88. The van der Waals surface area contributed by atoms with Crippen LogP contribution in [0.4, 0.5) is 5.82 Å². The lowest BCUT2D eigenvalue weighted by molar-refractivity contribution is -0.0403. The van der Waals surface area contributed by atoms with Gasteiger partial charge in [0.25, 0.3) is 0 Å². The van der Waals surface area contributed by atoms with E-state index in [1.54, 1.807) is 11.5 Å². The Kier molecular flexibility index (Phi) is 2.89. The lowest BCUT2D eigenvalue weighted by Crippen LogP contribution is -2.36. The van der Waals surface area contributed by atoms with Crippen LogP contribution in [-0.2, 0) is 0 Å². The van der Waals surface area contributed by atoms with E-state index in [0.29, 0.717) is 17.6 Å². The van der Waals surface area contributed by atoms with E-state index in [0.717, 1.165) is 0 Å². The van der Waals surface area contributed by atoms with Gasteiger partial charge in [-0.1, -0.05) is 6.92 Å². The molecule has 1 aliphatic rings. The van der Waals surface area contributed by atoms with Gasteiger partial charge in [-0.2, -0.15) is 0 Å². The molecule has 8 heteroatoms. The number of imidazole rings is 1. The van der Waals surface area contributed by atoms with Crippen LogP contribution in [0.2, 0.25) is 0 Å². The number of nitrogens with zero attached hydrogens (tertiary/aromatic N) is 4. The molecule has 0 aromatic carbocycles. The summed E-state index contributed by atoms with van der Waals surface area (Å²) in [6, 6.07) is -0.415. The quantitative estimate of drug-likeness (QED) is 0.559. The van der Waals surface area contributed by atoms with Gasteiger partial charge in [0, 0.05) is 5.41 Å². The summed E-state index contributed by atoms with van der Waals surface area (Å²) in [6.45, 7) is 1.54. The van der Waals surface area contributed by atoms with Crippen molar-refractivity contribution in [3.05, 3.63) is 12.7 Å². The Labute approximate surface area is 114 Å². The van der Waals surface area contributed by atoms with Gasteiger partial charge in [-0.3, -0.25) is 0 Å². The number of hydrogen-bond acceptors (Lipinski definition) is 7. The second-order valence-corrected chi connectivity index (χ2v) is 5.60. The number of nitrogen functional groups attached to an aromatic ring is 1. The SMILES string of the molecule is C[C@]1(CO)C[C@@H](n2cnc3c(N)ncnc32)[C@H](O)[C@@H]1O. The zero-order valence-electron chi connectivity index (χ0n) is 11.0. The molecular formula is C12H17N5O3. The molecule has 1 aliphatic carbocycles. The molecule has 4 atom stereocenters. The topological polar surface area (TPSA) is 130 Å². The number of fused-ring (bicyclic) bond motifs is 1. The van der Waals surface area contributed by atoms with Gasteiger partial charge in [0.05, 0.1) is 25.1 Å². The first kappa shape index (κ1) is 13.2. The molecule has 0 unspecified atom stereocenters. The summed E-state index contributed by atoms with van der Waals surface area (Å²) in [5.41, 5.74) is 5.95. The Balaban J connectivity index is 2.06. The minimum Gasteiger partial charge on any atom is -0.396 e. The predicted octanol–water partition coefficient (Wildman–Crippen LogP) is -0.926. The van der Waals surface area contributed by atoms with E-state index in [2.05, 4.69) is 15.0 Å². The van der Waals surface area contributed by atoms with Gasteiger partial charge in [-0.25, -0.2) is 15.0 Å². The molecule has 1 saturated carbocycles. The van der Waals surface area contributed by atoms with Crippen molar-refractivity contribution in [1.29, 1.82) is 0 Å². The van der Waals surface area contributed by atoms with Crippen LogP contribution in [0, 0.1) is 5.41 Å². The number of aliphatic hydroxyl groups is 3. The van der Waals surface area contributed by atoms with Gasteiger partial charge in [0.2, 0.25) is 0 Å². The lowest BCUT2D eigenvalue weighted by atomic mass is 9.87. The van der Waals surface area contributed by atoms with Crippen molar-refractivity contribution < 1.29 is 15.3 Å². The van der Waals surface area contributed by atoms with E-state index in [4.69, 9.17) is 5.73 Å². The van der Waals surface area contributed by atoms with Gasteiger partial charge >= 0.3 is 0 Å². The average Bonchev–Trinajstić information content (AvgIpc) is 2.96. The van der Waals surface area contributed by atoms with Crippen LogP contribution in [0.5, 0.6) is 0 Å². The third-order valence-electron chi connectivity index (χ3n) is 4.21. The highest BCUT2D eigenvalue weighted by atomic mass is 16.3. The fraction of sp³-hybridized carbons (Fsp3) is 0.583. The Morgan fingerprint density at radius 3 is 2.80 bits per heavy atom. The van der Waals surface area contributed by atoms with Crippen molar-refractivity contribution in [2.75, 3.05) is 12.3 Å². The average molecular weight is 279 g/mol. The summed E-state index contributed by atoms with van der Waals surface area (Å²) < 4.78 is 1.68. The number of hydrogen-bond donors (Lipinski definition) is 4. The van der Waals surface area contributed by atoms with Crippen molar-refractivity contribution in [3.8, 4) is 0 Å². The number of nitrogens with two attached hydrogens (primary N) is 1. The first-order valence-corrected chi connectivity index (χ1v) is 6.38. The van der Waals surface area contributed by atoms with Gasteiger partial charge < -0.3 is 25.6 Å². The van der Waals surface area contributed by atoms with Crippen molar-refractivity contribution in [3.63, 3.8) is 0 Å². The Morgan fingerprint density at radius 2 is 2.15 bits per heavy atom. The van der Waals surface area contributed by atoms with Crippen LogP contribution in [0.15, 0.2) is 12.7 Å². The van der Waals surface area contributed by atoms with Crippen molar-refractivity contribution in [1.82, 2.24) is 19.5 Å². The van der Waals surface area contributed by atoms with Crippen molar-refractivity contribution in [2.24, 2.45) is 5.41 Å². The van der Waals surface area contributed by atoms with Crippen LogP contribution in [0.1, 0.15) is 19.4 Å². The van der Waals surface area contributed by atoms with E-state index in [1.165, 1.54) is 12.7 Å². The molecule has 0 aliphatic heterocycles. The molecule has 108 valence electrons. The van der Waals surface area contributed by atoms with E-state index in [-0.39, 0.29) is 12.4 Å². The molecule has 3 rings (SSSR count). The molecule has 20 heavy (non-hydrogen) atoms.